The van der Waals surface area contributed by atoms with Gasteiger partial charge in [0.1, 0.15) is 0 Å². The first-order valence-electron chi connectivity index (χ1n) is 0.651. The summed E-state index contributed by atoms with van der Waals surface area (Å²) in [5, 5.41) is 0. The molecule has 0 heterocycles. The smallest absolute Gasteiger partial charge is 1.00 e. The molecule has 0 spiro atoms. The Morgan fingerprint density at radius 2 is 1.43 bits per heavy atom. The maximum Gasteiger partial charge on any atom is 1.00 e. The van der Waals surface area contributed by atoms with Gasteiger partial charge in [0.05, 0.1) is 0 Å². The number of hydrogen-bond acceptors (Lipinski definition) is 1. The summed E-state index contributed by atoms with van der Waals surface area (Å²) in [6.45, 7) is 0. The molecule has 0 amide bonds. The first-order chi connectivity index (χ1) is 1.73. The van der Waals surface area contributed by atoms with Crippen LogP contribution in [0.25, 0.3) is 0 Å². The van der Waals surface area contributed by atoms with Crippen molar-refractivity contribution in [3.8, 4) is 0 Å². The fourth-order valence-electron chi connectivity index (χ4n) is 0. The van der Waals surface area contributed by atoms with Crippen molar-refractivity contribution in [3.63, 3.8) is 0 Å². The molecule has 0 aromatic carbocycles. The Bertz CT molecular complexity index is 39.0. The van der Waals surface area contributed by atoms with Crippen molar-refractivity contribution in [3.05, 3.63) is 0 Å². The zero-order valence-electron chi connectivity index (χ0n) is 4.80. The first kappa shape index (κ1) is 23.7. The van der Waals surface area contributed by atoms with Crippen LogP contribution in [0.2, 0.25) is 0 Å². The standard InChI is InChI=1S/Na.H2O3Si.H2O.Zr.H/c;1-4(2)3;;;/h;1-2H;1H2;;/q+1;;;;-1. The monoisotopic (exact) mass is 210 g/mol. The second kappa shape index (κ2) is 15.7. The van der Waals surface area contributed by atoms with Crippen LogP contribution in [-0.2, 0) is 30.7 Å². The molecule has 0 radical (unpaired) electrons. The average Bonchev–Trinajstić information content (AvgIpc) is 0.811. The fraction of sp³-hybridized carbons (Fsp3) is 0. The molecule has 0 aromatic rings. The Balaban J connectivity index is -0.00000000750. The van der Waals surface area contributed by atoms with Gasteiger partial charge >= 0.3 is 38.7 Å². The molecule has 0 saturated carbocycles. The van der Waals surface area contributed by atoms with Crippen LogP contribution in [0.4, 0.5) is 0 Å². The minimum Gasteiger partial charge on any atom is -1.00 e. The number of rotatable bonds is 0. The van der Waals surface area contributed by atoms with Gasteiger partial charge in [-0.1, -0.05) is 0 Å². The first-order valence-corrected chi connectivity index (χ1v) is 1.95. The van der Waals surface area contributed by atoms with Gasteiger partial charge in [-0.05, 0) is 0 Å². The largest absolute Gasteiger partial charge is 1.00 e. The van der Waals surface area contributed by atoms with Crippen LogP contribution >= 0.6 is 0 Å². The Hall–Kier alpha value is 1.46. The van der Waals surface area contributed by atoms with E-state index >= 15 is 0 Å². The van der Waals surface area contributed by atoms with Gasteiger partial charge in [-0.15, -0.1) is 0 Å². The quantitative estimate of drug-likeness (QED) is 0.392. The summed E-state index contributed by atoms with van der Waals surface area (Å²) in [5.41, 5.74) is 0. The molecule has 0 saturated heterocycles. The van der Waals surface area contributed by atoms with Crippen LogP contribution < -0.4 is 29.6 Å². The molecule has 4 nitrogen and oxygen atoms in total. The number of hydrogen-bond donors (Lipinski definition) is 2. The average molecular weight is 211 g/mol. The van der Waals surface area contributed by atoms with Crippen molar-refractivity contribution in [1.82, 2.24) is 0 Å². The third kappa shape index (κ3) is 104. The van der Waals surface area contributed by atoms with Gasteiger partial charge in [0, 0.05) is 26.2 Å². The van der Waals surface area contributed by atoms with Crippen LogP contribution in [-0.4, -0.2) is 24.2 Å². The van der Waals surface area contributed by atoms with E-state index in [0.29, 0.717) is 0 Å². The van der Waals surface area contributed by atoms with Crippen LogP contribution in [0, 0.1) is 0 Å². The van der Waals surface area contributed by atoms with Crippen LogP contribution in [0.15, 0.2) is 0 Å². The van der Waals surface area contributed by atoms with Crippen molar-refractivity contribution in [2.45, 2.75) is 0 Å². The van der Waals surface area contributed by atoms with E-state index in [1.165, 1.54) is 0 Å². The van der Waals surface area contributed by atoms with Gasteiger partial charge in [-0.2, -0.15) is 0 Å². The third-order valence-corrected chi connectivity index (χ3v) is 0. The molecule has 7 heteroatoms. The Morgan fingerprint density at radius 1 is 1.43 bits per heavy atom. The van der Waals surface area contributed by atoms with E-state index in [2.05, 4.69) is 0 Å². The van der Waals surface area contributed by atoms with E-state index in [9.17, 15) is 0 Å². The van der Waals surface area contributed by atoms with E-state index < -0.39 is 9.17 Å². The molecule has 7 heavy (non-hydrogen) atoms. The molecule has 0 fully saturated rings. The second-order valence-electron chi connectivity index (χ2n) is 0.283. The minimum absolute atomic E-state index is 0. The molecule has 0 atom stereocenters. The predicted molar refractivity (Wildman–Crippen MR) is 15.6 cm³/mol. The van der Waals surface area contributed by atoms with E-state index in [1.807, 2.05) is 0 Å². The molecule has 0 unspecified atom stereocenters. The summed E-state index contributed by atoms with van der Waals surface area (Å²) in [6, 6.07) is 0. The molecular weight excluding hydrogens is 206 g/mol. The van der Waals surface area contributed by atoms with E-state index in [4.69, 9.17) is 14.1 Å². The summed E-state index contributed by atoms with van der Waals surface area (Å²) in [4.78, 5) is 14.3. The molecule has 0 bridgehead atoms. The Kier molecular flexibility index (Phi) is 52.9. The van der Waals surface area contributed by atoms with Gasteiger partial charge in [0.2, 0.25) is 0 Å². The molecular formula is H5NaO4SiZr. The van der Waals surface area contributed by atoms with E-state index in [0.717, 1.165) is 0 Å². The topological polar surface area (TPSA) is 89.0 Å². The summed E-state index contributed by atoms with van der Waals surface area (Å²) in [5.74, 6) is 0. The zero-order chi connectivity index (χ0) is 3.58. The van der Waals surface area contributed by atoms with Crippen LogP contribution in [0.3, 0.4) is 0 Å². The van der Waals surface area contributed by atoms with Crippen molar-refractivity contribution < 1.29 is 76.7 Å². The maximum atomic E-state index is 8.74. The van der Waals surface area contributed by atoms with Crippen molar-refractivity contribution in [2.24, 2.45) is 0 Å². The minimum atomic E-state index is -3.13. The second-order valence-corrected chi connectivity index (χ2v) is 0.848. The van der Waals surface area contributed by atoms with Crippen molar-refractivity contribution in [1.29, 1.82) is 0 Å². The maximum absolute atomic E-state index is 8.74. The predicted octanol–water partition coefficient (Wildman–Crippen LogP) is -5.32. The summed E-state index contributed by atoms with van der Waals surface area (Å²) < 4.78 is 8.74. The summed E-state index contributed by atoms with van der Waals surface area (Å²) in [7, 11) is -3.13. The normalized spacial score (nSPS) is 3.43. The Labute approximate surface area is 85.0 Å². The summed E-state index contributed by atoms with van der Waals surface area (Å²) >= 11 is 0. The fourth-order valence-corrected chi connectivity index (χ4v) is 0. The molecule has 0 rings (SSSR count). The van der Waals surface area contributed by atoms with E-state index in [1.54, 1.807) is 0 Å². The van der Waals surface area contributed by atoms with Crippen molar-refractivity contribution in [2.75, 3.05) is 0 Å². The van der Waals surface area contributed by atoms with Crippen LogP contribution in [0.5, 0.6) is 0 Å². The van der Waals surface area contributed by atoms with Gasteiger partial charge in [-0.25, -0.2) is 0 Å². The molecule has 4 N–H and O–H groups in total. The van der Waals surface area contributed by atoms with Crippen LogP contribution in [0.1, 0.15) is 1.43 Å². The molecule has 0 aromatic heterocycles. The molecule has 0 aliphatic rings. The third-order valence-electron chi connectivity index (χ3n) is 0. The van der Waals surface area contributed by atoms with Crippen molar-refractivity contribution >= 4 is 9.17 Å². The van der Waals surface area contributed by atoms with Gasteiger partial charge < -0.3 is 16.5 Å². The van der Waals surface area contributed by atoms with Gasteiger partial charge in [0.25, 0.3) is 0 Å². The molecule has 0 aliphatic heterocycles. The van der Waals surface area contributed by atoms with Gasteiger partial charge in [-0.3, -0.25) is 4.46 Å². The SMILES string of the molecule is O.O=[Si](O)O.[H-].[Na+].[Zr]. The molecule has 0 aliphatic carbocycles. The molecule has 38 valence electrons. The zero-order valence-corrected chi connectivity index (χ0v) is 9.26. The summed E-state index contributed by atoms with van der Waals surface area (Å²) in [6.07, 6.45) is 0. The van der Waals surface area contributed by atoms with E-state index in [-0.39, 0.29) is 62.7 Å². The Morgan fingerprint density at radius 3 is 1.43 bits per heavy atom. The van der Waals surface area contributed by atoms with Gasteiger partial charge in [0.15, 0.2) is 0 Å².